The minimum atomic E-state index is -1.21. The molecule has 0 fully saturated rings. The molecule has 2 amide bonds. The smallest absolute Gasteiger partial charge is 0.319 e. The van der Waals surface area contributed by atoms with Crippen LogP contribution in [0.1, 0.15) is 17.0 Å². The SMILES string of the molecule is COC(=O)[C@@H]1C(=O)NC(SCC(=O)Nc2cccc(C)c2)=C(C#N)[C@H]1c1cccc(Br)c1. The molecule has 0 spiro atoms. The quantitative estimate of drug-likeness (QED) is 0.448. The van der Waals surface area contributed by atoms with Gasteiger partial charge in [-0.15, -0.1) is 0 Å². The standard InChI is InChI=1S/C23H20BrN3O4S/c1-13-5-3-8-16(9-13)26-18(28)12-32-22-17(11-25)19(14-6-4-7-15(24)10-14)20(21(29)27-22)23(30)31-2/h3-10,19-20H,12H2,1-2H3,(H,26,28)(H,27,29)/t19-,20+/m1/s1. The van der Waals surface area contributed by atoms with Gasteiger partial charge >= 0.3 is 5.97 Å². The number of anilines is 1. The zero-order valence-corrected chi connectivity index (χ0v) is 19.7. The number of amides is 2. The second kappa shape index (κ2) is 10.5. The number of hydrogen-bond acceptors (Lipinski definition) is 6. The third kappa shape index (κ3) is 5.39. The Labute approximate surface area is 198 Å². The number of esters is 1. The first-order valence-electron chi connectivity index (χ1n) is 9.61. The van der Waals surface area contributed by atoms with Gasteiger partial charge in [0.15, 0.2) is 0 Å². The van der Waals surface area contributed by atoms with Crippen LogP contribution in [-0.2, 0) is 19.1 Å². The number of aryl methyl sites for hydroxylation is 1. The monoisotopic (exact) mass is 513 g/mol. The molecule has 0 saturated heterocycles. The van der Waals surface area contributed by atoms with Gasteiger partial charge in [-0.1, -0.05) is 52.0 Å². The fourth-order valence-corrected chi connectivity index (χ4v) is 4.70. The van der Waals surface area contributed by atoms with Crippen molar-refractivity contribution in [3.8, 4) is 6.07 Å². The number of carbonyl (C=O) groups is 3. The van der Waals surface area contributed by atoms with Crippen molar-refractivity contribution < 1.29 is 19.1 Å². The predicted molar refractivity (Wildman–Crippen MR) is 125 cm³/mol. The number of allylic oxidation sites excluding steroid dienone is 1. The molecule has 2 N–H and O–H groups in total. The van der Waals surface area contributed by atoms with E-state index in [1.54, 1.807) is 30.3 Å². The first-order valence-corrected chi connectivity index (χ1v) is 11.4. The van der Waals surface area contributed by atoms with E-state index < -0.39 is 23.7 Å². The van der Waals surface area contributed by atoms with Crippen molar-refractivity contribution in [3.05, 3.63) is 74.7 Å². The van der Waals surface area contributed by atoms with Gasteiger partial charge in [0, 0.05) is 16.1 Å². The summed E-state index contributed by atoms with van der Waals surface area (Å²) in [4.78, 5) is 37.7. The van der Waals surface area contributed by atoms with E-state index >= 15 is 0 Å². The number of nitrogens with one attached hydrogen (secondary N) is 2. The summed E-state index contributed by atoms with van der Waals surface area (Å²) in [6, 6.07) is 16.6. The number of rotatable bonds is 6. The third-order valence-corrected chi connectivity index (χ3v) is 6.35. The van der Waals surface area contributed by atoms with E-state index in [2.05, 4.69) is 32.6 Å². The summed E-state index contributed by atoms with van der Waals surface area (Å²) in [6.45, 7) is 1.92. The lowest BCUT2D eigenvalue weighted by molar-refractivity contribution is -0.150. The summed E-state index contributed by atoms with van der Waals surface area (Å²) in [5.41, 5.74) is 2.49. The zero-order valence-electron chi connectivity index (χ0n) is 17.3. The summed E-state index contributed by atoms with van der Waals surface area (Å²) in [5, 5.41) is 15.6. The van der Waals surface area contributed by atoms with Crippen molar-refractivity contribution in [2.24, 2.45) is 5.92 Å². The number of benzene rings is 2. The molecular weight excluding hydrogens is 494 g/mol. The number of halogens is 1. The van der Waals surface area contributed by atoms with E-state index in [-0.39, 0.29) is 22.3 Å². The lowest BCUT2D eigenvalue weighted by Gasteiger charge is -2.31. The first kappa shape index (κ1) is 23.6. The van der Waals surface area contributed by atoms with Gasteiger partial charge in [0.25, 0.3) is 0 Å². The lowest BCUT2D eigenvalue weighted by Crippen LogP contribution is -2.44. The summed E-state index contributed by atoms with van der Waals surface area (Å²) < 4.78 is 5.57. The van der Waals surface area contributed by atoms with Gasteiger partial charge in [0.05, 0.1) is 29.5 Å². The molecule has 1 aliphatic rings. The van der Waals surface area contributed by atoms with Crippen molar-refractivity contribution in [1.29, 1.82) is 5.26 Å². The highest BCUT2D eigenvalue weighted by Crippen LogP contribution is 2.40. The maximum atomic E-state index is 12.8. The Hall–Kier alpha value is -3.09. The fourth-order valence-electron chi connectivity index (χ4n) is 3.44. The molecule has 0 radical (unpaired) electrons. The molecular formula is C23H20BrN3O4S. The molecule has 32 heavy (non-hydrogen) atoms. The second-order valence-corrected chi connectivity index (χ2v) is 8.98. The van der Waals surface area contributed by atoms with Crippen molar-refractivity contribution in [3.63, 3.8) is 0 Å². The van der Waals surface area contributed by atoms with Gasteiger partial charge in [-0.05, 0) is 42.3 Å². The average molecular weight is 514 g/mol. The molecule has 164 valence electrons. The number of nitriles is 1. The molecule has 2 aromatic carbocycles. The van der Waals surface area contributed by atoms with Gasteiger partial charge in [-0.25, -0.2) is 0 Å². The van der Waals surface area contributed by atoms with E-state index in [4.69, 9.17) is 4.74 Å². The van der Waals surface area contributed by atoms with Gasteiger partial charge in [-0.3, -0.25) is 14.4 Å². The number of carbonyl (C=O) groups excluding carboxylic acids is 3. The van der Waals surface area contributed by atoms with E-state index in [0.717, 1.165) is 21.8 Å². The lowest BCUT2D eigenvalue weighted by atomic mass is 9.78. The highest BCUT2D eigenvalue weighted by atomic mass is 79.9. The molecule has 1 heterocycles. The van der Waals surface area contributed by atoms with Crippen LogP contribution in [0.15, 0.2) is 63.6 Å². The van der Waals surface area contributed by atoms with Crippen LogP contribution in [0.2, 0.25) is 0 Å². The largest absolute Gasteiger partial charge is 0.468 e. The molecule has 1 aliphatic heterocycles. The van der Waals surface area contributed by atoms with E-state index in [0.29, 0.717) is 11.3 Å². The Morgan fingerprint density at radius 3 is 2.66 bits per heavy atom. The Bertz CT molecular complexity index is 1140. The third-order valence-electron chi connectivity index (χ3n) is 4.84. The van der Waals surface area contributed by atoms with Crippen molar-refractivity contribution in [2.45, 2.75) is 12.8 Å². The maximum Gasteiger partial charge on any atom is 0.319 e. The molecule has 0 bridgehead atoms. The van der Waals surface area contributed by atoms with Gasteiger partial charge in [-0.2, -0.15) is 5.26 Å². The molecule has 7 nitrogen and oxygen atoms in total. The molecule has 9 heteroatoms. The van der Waals surface area contributed by atoms with Crippen molar-refractivity contribution in [2.75, 3.05) is 18.2 Å². The Morgan fingerprint density at radius 2 is 2.00 bits per heavy atom. The van der Waals surface area contributed by atoms with E-state index in [9.17, 15) is 19.6 Å². The zero-order chi connectivity index (χ0) is 23.3. The van der Waals surface area contributed by atoms with Crippen LogP contribution in [0.5, 0.6) is 0 Å². The highest BCUT2D eigenvalue weighted by Gasteiger charge is 2.44. The number of thioether (sulfide) groups is 1. The van der Waals surface area contributed by atoms with Gasteiger partial charge in [0.1, 0.15) is 5.92 Å². The molecule has 2 atom stereocenters. The molecule has 0 saturated carbocycles. The van der Waals surface area contributed by atoms with Crippen molar-refractivity contribution in [1.82, 2.24) is 5.32 Å². The summed E-state index contributed by atoms with van der Waals surface area (Å²) in [7, 11) is 1.20. The Balaban J connectivity index is 1.89. The number of hydrogen-bond donors (Lipinski definition) is 2. The minimum Gasteiger partial charge on any atom is -0.468 e. The number of methoxy groups -OCH3 is 1. The summed E-state index contributed by atoms with van der Waals surface area (Å²) in [6.07, 6.45) is 0. The van der Waals surface area contributed by atoms with Crippen molar-refractivity contribution >= 4 is 51.2 Å². The van der Waals surface area contributed by atoms with Crippen LogP contribution >= 0.6 is 27.7 Å². The van der Waals surface area contributed by atoms with Crippen LogP contribution in [0.3, 0.4) is 0 Å². The van der Waals surface area contributed by atoms with Gasteiger partial charge in [0.2, 0.25) is 11.8 Å². The normalized spacial score (nSPS) is 17.9. The van der Waals surface area contributed by atoms with Crippen LogP contribution in [0, 0.1) is 24.2 Å². The number of ether oxygens (including phenoxy) is 1. The van der Waals surface area contributed by atoms with Crippen LogP contribution in [0.4, 0.5) is 5.69 Å². The van der Waals surface area contributed by atoms with Gasteiger partial charge < -0.3 is 15.4 Å². The van der Waals surface area contributed by atoms with Crippen LogP contribution in [-0.4, -0.2) is 30.6 Å². The maximum absolute atomic E-state index is 12.8. The van der Waals surface area contributed by atoms with Crippen LogP contribution < -0.4 is 10.6 Å². The summed E-state index contributed by atoms with van der Waals surface area (Å²) in [5.74, 6) is -3.67. The second-order valence-electron chi connectivity index (χ2n) is 7.08. The number of nitrogens with zero attached hydrogens (tertiary/aromatic N) is 1. The predicted octanol–water partition coefficient (Wildman–Crippen LogP) is 3.87. The Kier molecular flexibility index (Phi) is 7.72. The average Bonchev–Trinajstić information content (AvgIpc) is 2.76. The molecule has 0 unspecified atom stereocenters. The first-order chi connectivity index (χ1) is 15.3. The Morgan fingerprint density at radius 1 is 1.25 bits per heavy atom. The highest BCUT2D eigenvalue weighted by molar-refractivity contribution is 9.10. The fraction of sp³-hybridized carbons (Fsp3) is 0.217. The van der Waals surface area contributed by atoms with E-state index in [1.807, 2.05) is 25.1 Å². The van der Waals surface area contributed by atoms with E-state index in [1.165, 1.54) is 7.11 Å². The molecule has 3 rings (SSSR count). The molecule has 0 aromatic heterocycles. The molecule has 2 aromatic rings. The summed E-state index contributed by atoms with van der Waals surface area (Å²) >= 11 is 4.43. The molecule has 0 aliphatic carbocycles. The topological polar surface area (TPSA) is 108 Å². The minimum absolute atomic E-state index is 0.0250. The van der Waals surface area contributed by atoms with Crippen LogP contribution in [0.25, 0.3) is 0 Å².